The number of fused-ring (bicyclic) bond motifs is 2. The van der Waals surface area contributed by atoms with Crippen molar-refractivity contribution in [1.29, 1.82) is 0 Å². The Balaban J connectivity index is 1.34. The van der Waals surface area contributed by atoms with Gasteiger partial charge in [0.05, 0.1) is 50.6 Å². The Hall–Kier alpha value is -3.86. The molecule has 1 aliphatic rings. The average Bonchev–Trinajstić information content (AvgIpc) is 3.57. The first-order chi connectivity index (χ1) is 17.8. The first kappa shape index (κ1) is 24.8. The lowest BCUT2D eigenvalue weighted by Crippen LogP contribution is -2.33. The Bertz CT molecular complexity index is 1440. The minimum absolute atomic E-state index is 0.328. The second-order valence-electron chi connectivity index (χ2n) is 9.67. The smallest absolute Gasteiger partial charge is 0.410 e. The van der Waals surface area contributed by atoms with Crippen LogP contribution in [0.4, 0.5) is 10.6 Å². The summed E-state index contributed by atoms with van der Waals surface area (Å²) in [4.78, 5) is 15.1. The number of anilines is 1. The molecule has 0 atom stereocenters. The fraction of sp³-hybridized carbons (Fsp3) is 0.346. The van der Waals surface area contributed by atoms with Crippen LogP contribution >= 0.6 is 11.9 Å². The highest BCUT2D eigenvalue weighted by Gasteiger charge is 2.30. The van der Waals surface area contributed by atoms with Gasteiger partial charge in [0, 0.05) is 5.56 Å². The van der Waals surface area contributed by atoms with Gasteiger partial charge in [-0.15, -0.1) is 0 Å². The molecule has 3 heterocycles. The third-order valence-electron chi connectivity index (χ3n) is 5.87. The summed E-state index contributed by atoms with van der Waals surface area (Å²) in [6, 6.07) is 11.6. The monoisotopic (exact) mass is 523 g/mol. The van der Waals surface area contributed by atoms with Crippen LogP contribution in [0.25, 0.3) is 11.0 Å². The number of nitrogens with one attached hydrogen (secondary N) is 1. The lowest BCUT2D eigenvalue weighted by Gasteiger charge is -2.24. The highest BCUT2D eigenvalue weighted by Crippen LogP contribution is 2.37. The average molecular weight is 524 g/mol. The zero-order chi connectivity index (χ0) is 26.2. The summed E-state index contributed by atoms with van der Waals surface area (Å²) in [7, 11) is 3.26. The molecule has 4 aromatic rings. The number of benzene rings is 2. The van der Waals surface area contributed by atoms with Crippen LogP contribution in [0.15, 0.2) is 52.0 Å². The van der Waals surface area contributed by atoms with Gasteiger partial charge in [-0.05, 0) is 62.5 Å². The van der Waals surface area contributed by atoms with Crippen molar-refractivity contribution in [2.75, 3.05) is 18.9 Å². The van der Waals surface area contributed by atoms with Crippen LogP contribution in [0.2, 0.25) is 0 Å². The number of aromatic nitrogens is 3. The third-order valence-corrected chi connectivity index (χ3v) is 6.72. The molecule has 2 aromatic heterocycles. The van der Waals surface area contributed by atoms with Gasteiger partial charge in [-0.3, -0.25) is 9.58 Å². The molecule has 2 aromatic carbocycles. The summed E-state index contributed by atoms with van der Waals surface area (Å²) in [5, 5.41) is 9.51. The summed E-state index contributed by atoms with van der Waals surface area (Å²) in [6.45, 7) is 7.00. The summed E-state index contributed by atoms with van der Waals surface area (Å²) in [5.41, 5.74) is 2.99. The molecule has 0 bridgehead atoms. The van der Waals surface area contributed by atoms with Gasteiger partial charge in [0.15, 0.2) is 11.4 Å². The molecule has 11 heteroatoms. The maximum atomic E-state index is 12.5. The van der Waals surface area contributed by atoms with E-state index in [1.54, 1.807) is 25.3 Å². The van der Waals surface area contributed by atoms with Crippen LogP contribution in [-0.4, -0.2) is 45.8 Å². The van der Waals surface area contributed by atoms with Gasteiger partial charge >= 0.3 is 6.09 Å². The van der Waals surface area contributed by atoms with Gasteiger partial charge in [-0.2, -0.15) is 5.10 Å². The van der Waals surface area contributed by atoms with E-state index in [4.69, 9.17) is 18.7 Å². The molecule has 5 rings (SSSR count). The van der Waals surface area contributed by atoms with Crippen molar-refractivity contribution >= 4 is 34.8 Å². The predicted molar refractivity (Wildman–Crippen MR) is 140 cm³/mol. The second-order valence-corrected chi connectivity index (χ2v) is 10.5. The standard InChI is InChI=1S/C26H29N5O5S/c1-26(2,3)35-25(32)30-14-17-12-27-31(18(17)15-30)13-16-10-20(34-5)23-21(11-16)36-28-24(23)29-37-22-9-7-6-8-19(22)33-4/h6-12H,13-15H2,1-5H3,(H,28,29). The number of methoxy groups -OCH3 is 2. The van der Waals surface area contributed by atoms with Crippen LogP contribution in [0, 0.1) is 0 Å². The van der Waals surface area contributed by atoms with E-state index in [1.807, 2.05) is 61.9 Å². The minimum Gasteiger partial charge on any atom is -0.496 e. The fourth-order valence-corrected chi connectivity index (χ4v) is 4.93. The molecule has 37 heavy (non-hydrogen) atoms. The summed E-state index contributed by atoms with van der Waals surface area (Å²) >= 11 is 1.38. The summed E-state index contributed by atoms with van der Waals surface area (Å²) in [5.74, 6) is 1.96. The maximum absolute atomic E-state index is 12.5. The molecular formula is C26H29N5O5S. The van der Waals surface area contributed by atoms with Crippen molar-refractivity contribution in [2.45, 2.75) is 50.9 Å². The number of carbonyl (C=O) groups is 1. The van der Waals surface area contributed by atoms with Crippen molar-refractivity contribution in [2.24, 2.45) is 0 Å². The Morgan fingerprint density at radius 2 is 1.92 bits per heavy atom. The van der Waals surface area contributed by atoms with E-state index >= 15 is 0 Å². The quantitative estimate of drug-likeness (QED) is 0.316. The van der Waals surface area contributed by atoms with Crippen LogP contribution in [0.1, 0.15) is 37.6 Å². The molecule has 0 fully saturated rings. The Morgan fingerprint density at radius 3 is 2.68 bits per heavy atom. The van der Waals surface area contributed by atoms with Crippen molar-refractivity contribution in [1.82, 2.24) is 19.8 Å². The number of amides is 1. The van der Waals surface area contributed by atoms with E-state index in [0.717, 1.165) is 32.9 Å². The number of rotatable bonds is 7. The Labute approximate surface area is 219 Å². The molecular weight excluding hydrogens is 494 g/mol. The zero-order valence-corrected chi connectivity index (χ0v) is 22.2. The largest absolute Gasteiger partial charge is 0.496 e. The van der Waals surface area contributed by atoms with E-state index in [2.05, 4.69) is 15.0 Å². The van der Waals surface area contributed by atoms with Crippen molar-refractivity contribution < 1.29 is 23.5 Å². The maximum Gasteiger partial charge on any atom is 0.410 e. The molecule has 0 aliphatic carbocycles. The lowest BCUT2D eigenvalue weighted by molar-refractivity contribution is 0.0238. The molecule has 0 saturated carbocycles. The van der Waals surface area contributed by atoms with Crippen molar-refractivity contribution in [3.05, 3.63) is 59.4 Å². The minimum atomic E-state index is -0.541. The van der Waals surface area contributed by atoms with Gasteiger partial charge in [0.1, 0.15) is 22.5 Å². The third kappa shape index (κ3) is 5.17. The van der Waals surface area contributed by atoms with E-state index < -0.39 is 5.60 Å². The zero-order valence-electron chi connectivity index (χ0n) is 21.4. The molecule has 1 N–H and O–H groups in total. The molecule has 0 radical (unpaired) electrons. The topological polar surface area (TPSA) is 104 Å². The molecule has 1 aliphatic heterocycles. The van der Waals surface area contributed by atoms with Gasteiger partial charge in [0.25, 0.3) is 0 Å². The molecule has 194 valence electrons. The van der Waals surface area contributed by atoms with Gasteiger partial charge in [0.2, 0.25) is 0 Å². The number of para-hydroxylation sites is 1. The number of ether oxygens (including phenoxy) is 3. The van der Waals surface area contributed by atoms with Crippen LogP contribution in [0.3, 0.4) is 0 Å². The molecule has 10 nitrogen and oxygen atoms in total. The molecule has 0 saturated heterocycles. The normalized spacial score (nSPS) is 13.1. The van der Waals surface area contributed by atoms with Crippen LogP contribution in [-0.2, 0) is 24.4 Å². The van der Waals surface area contributed by atoms with E-state index in [9.17, 15) is 4.79 Å². The fourth-order valence-electron chi connectivity index (χ4n) is 4.19. The number of carbonyl (C=O) groups excluding carboxylic acids is 1. The van der Waals surface area contributed by atoms with Gasteiger partial charge in [-0.1, -0.05) is 17.3 Å². The molecule has 0 unspecified atom stereocenters. The number of hydrogen-bond acceptors (Lipinski definition) is 9. The van der Waals surface area contributed by atoms with E-state index in [0.29, 0.717) is 36.8 Å². The highest BCUT2D eigenvalue weighted by molar-refractivity contribution is 8.00. The number of nitrogens with zero attached hydrogens (tertiary/aromatic N) is 4. The molecule has 1 amide bonds. The van der Waals surface area contributed by atoms with Crippen molar-refractivity contribution in [3.8, 4) is 11.5 Å². The van der Waals surface area contributed by atoms with Crippen molar-refractivity contribution in [3.63, 3.8) is 0 Å². The Kier molecular flexibility index (Phi) is 6.63. The van der Waals surface area contributed by atoms with E-state index in [1.165, 1.54) is 11.9 Å². The second kappa shape index (κ2) is 9.89. The van der Waals surface area contributed by atoms with Gasteiger partial charge < -0.3 is 23.5 Å². The van der Waals surface area contributed by atoms with Gasteiger partial charge in [-0.25, -0.2) is 4.79 Å². The SMILES string of the molecule is COc1ccccc1SNc1noc2cc(Cn3ncc4c3CN(C(=O)OC(C)(C)C)C4)cc(OC)c12. The molecule has 0 spiro atoms. The first-order valence-corrected chi connectivity index (χ1v) is 12.6. The summed E-state index contributed by atoms with van der Waals surface area (Å²) in [6.07, 6.45) is 1.48. The Morgan fingerprint density at radius 1 is 1.14 bits per heavy atom. The van der Waals surface area contributed by atoms with E-state index in [-0.39, 0.29) is 6.09 Å². The first-order valence-electron chi connectivity index (χ1n) is 11.8. The lowest BCUT2D eigenvalue weighted by atomic mass is 10.1. The predicted octanol–water partition coefficient (Wildman–Crippen LogP) is 5.46. The van der Waals surface area contributed by atoms with Crippen LogP contribution < -0.4 is 14.2 Å². The highest BCUT2D eigenvalue weighted by atomic mass is 32.2. The summed E-state index contributed by atoms with van der Waals surface area (Å²) < 4.78 is 27.4. The van der Waals surface area contributed by atoms with Crippen LogP contribution in [0.5, 0.6) is 11.5 Å². The number of hydrogen-bond donors (Lipinski definition) is 1.